The van der Waals surface area contributed by atoms with E-state index in [9.17, 15) is 4.79 Å². The van der Waals surface area contributed by atoms with E-state index in [4.69, 9.17) is 4.74 Å². The minimum atomic E-state index is 0.192. The minimum Gasteiger partial charge on any atom is -0.495 e. The molecule has 1 heterocycles. The van der Waals surface area contributed by atoms with Crippen LogP contribution in [0.5, 0.6) is 5.75 Å². The predicted octanol–water partition coefficient (Wildman–Crippen LogP) is 3.35. The van der Waals surface area contributed by atoms with Crippen molar-refractivity contribution in [3.63, 3.8) is 0 Å². The third-order valence-corrected chi connectivity index (χ3v) is 4.86. The molecule has 1 amide bonds. The molecule has 0 saturated carbocycles. The zero-order valence-electron chi connectivity index (χ0n) is 13.7. The third kappa shape index (κ3) is 3.90. The first kappa shape index (κ1) is 16.8. The second kappa shape index (κ2) is 7.71. The number of amides is 1. The minimum absolute atomic E-state index is 0.192. The Kier molecular flexibility index (Phi) is 5.41. The first-order valence-electron chi connectivity index (χ1n) is 8.07. The van der Waals surface area contributed by atoms with Crippen LogP contribution >= 0.6 is 15.9 Å². The van der Waals surface area contributed by atoms with Crippen molar-refractivity contribution in [3.8, 4) is 5.75 Å². The van der Waals surface area contributed by atoms with E-state index in [2.05, 4.69) is 26.9 Å². The Morgan fingerprint density at radius 1 is 1.04 bits per heavy atom. The molecule has 0 aliphatic carbocycles. The van der Waals surface area contributed by atoms with Crippen molar-refractivity contribution in [2.75, 3.05) is 38.2 Å². The largest absolute Gasteiger partial charge is 0.495 e. The number of methoxy groups -OCH3 is 1. The smallest absolute Gasteiger partial charge is 0.227 e. The van der Waals surface area contributed by atoms with Gasteiger partial charge in [-0.2, -0.15) is 0 Å². The van der Waals surface area contributed by atoms with Crippen LogP contribution in [0.25, 0.3) is 0 Å². The highest BCUT2D eigenvalue weighted by molar-refractivity contribution is 9.10. The summed E-state index contributed by atoms with van der Waals surface area (Å²) in [6.45, 7) is 3.14. The second-order valence-electron chi connectivity index (χ2n) is 5.84. The Morgan fingerprint density at radius 3 is 2.38 bits per heavy atom. The van der Waals surface area contributed by atoms with Crippen LogP contribution in [0.2, 0.25) is 0 Å². The van der Waals surface area contributed by atoms with Gasteiger partial charge in [-0.3, -0.25) is 4.79 Å². The van der Waals surface area contributed by atoms with Crippen LogP contribution in [0, 0.1) is 0 Å². The lowest BCUT2D eigenvalue weighted by Gasteiger charge is -2.36. The van der Waals surface area contributed by atoms with Crippen molar-refractivity contribution in [1.82, 2.24) is 4.90 Å². The molecule has 0 aromatic heterocycles. The lowest BCUT2D eigenvalue weighted by molar-refractivity contribution is -0.130. The summed E-state index contributed by atoms with van der Waals surface area (Å²) in [5.74, 6) is 1.07. The van der Waals surface area contributed by atoms with Crippen molar-refractivity contribution >= 4 is 27.5 Å². The topological polar surface area (TPSA) is 32.8 Å². The van der Waals surface area contributed by atoms with Gasteiger partial charge in [-0.25, -0.2) is 0 Å². The Labute approximate surface area is 151 Å². The number of rotatable bonds is 4. The van der Waals surface area contributed by atoms with E-state index in [-0.39, 0.29) is 5.91 Å². The van der Waals surface area contributed by atoms with E-state index >= 15 is 0 Å². The maximum Gasteiger partial charge on any atom is 0.227 e. The van der Waals surface area contributed by atoms with Crippen LogP contribution in [-0.4, -0.2) is 44.1 Å². The number of benzene rings is 2. The zero-order chi connectivity index (χ0) is 16.9. The SMILES string of the molecule is COc1ccccc1N1CCN(C(=O)Cc2ccc(Br)cc2)CC1. The Hall–Kier alpha value is -2.01. The summed E-state index contributed by atoms with van der Waals surface area (Å²) in [6.07, 6.45) is 0.460. The maximum atomic E-state index is 12.5. The summed E-state index contributed by atoms with van der Waals surface area (Å²) in [6, 6.07) is 16.0. The third-order valence-electron chi connectivity index (χ3n) is 4.33. The molecule has 0 atom stereocenters. The Bertz CT molecular complexity index is 695. The Morgan fingerprint density at radius 2 is 1.71 bits per heavy atom. The first-order valence-corrected chi connectivity index (χ1v) is 8.87. The normalized spacial score (nSPS) is 14.6. The van der Waals surface area contributed by atoms with Crippen molar-refractivity contribution in [2.24, 2.45) is 0 Å². The van der Waals surface area contributed by atoms with E-state index < -0.39 is 0 Å². The van der Waals surface area contributed by atoms with Gasteiger partial charge in [0, 0.05) is 30.7 Å². The molecular weight excluding hydrogens is 368 g/mol. The van der Waals surface area contributed by atoms with Gasteiger partial charge < -0.3 is 14.5 Å². The van der Waals surface area contributed by atoms with Gasteiger partial charge in [0.1, 0.15) is 5.75 Å². The molecule has 1 saturated heterocycles. The van der Waals surface area contributed by atoms with Crippen LogP contribution in [0.1, 0.15) is 5.56 Å². The summed E-state index contributed by atoms with van der Waals surface area (Å²) < 4.78 is 6.47. The molecule has 0 radical (unpaired) electrons. The number of piperazine rings is 1. The highest BCUT2D eigenvalue weighted by atomic mass is 79.9. The summed E-state index contributed by atoms with van der Waals surface area (Å²) in [4.78, 5) is 16.7. The van der Waals surface area contributed by atoms with Crippen LogP contribution in [0.3, 0.4) is 0 Å². The Balaban J connectivity index is 1.58. The molecular formula is C19H21BrN2O2. The quantitative estimate of drug-likeness (QED) is 0.804. The van der Waals surface area contributed by atoms with Crippen LogP contribution in [-0.2, 0) is 11.2 Å². The summed E-state index contributed by atoms with van der Waals surface area (Å²) in [7, 11) is 1.69. The highest BCUT2D eigenvalue weighted by Crippen LogP contribution is 2.28. The van der Waals surface area contributed by atoms with Gasteiger partial charge in [-0.05, 0) is 29.8 Å². The highest BCUT2D eigenvalue weighted by Gasteiger charge is 2.22. The van der Waals surface area contributed by atoms with Crippen molar-refractivity contribution < 1.29 is 9.53 Å². The number of carbonyl (C=O) groups is 1. The molecule has 1 aliphatic heterocycles. The lowest BCUT2D eigenvalue weighted by atomic mass is 10.1. The molecule has 0 N–H and O–H groups in total. The maximum absolute atomic E-state index is 12.5. The molecule has 2 aromatic carbocycles. The van der Waals surface area contributed by atoms with Crippen molar-refractivity contribution in [3.05, 3.63) is 58.6 Å². The molecule has 0 unspecified atom stereocenters. The van der Waals surface area contributed by atoms with Crippen LogP contribution in [0.15, 0.2) is 53.0 Å². The van der Waals surface area contributed by atoms with E-state index in [0.717, 1.165) is 47.7 Å². The summed E-state index contributed by atoms with van der Waals surface area (Å²) in [5.41, 5.74) is 2.15. The molecule has 5 heteroatoms. The van der Waals surface area contributed by atoms with Gasteiger partial charge in [0.2, 0.25) is 5.91 Å². The molecule has 2 aromatic rings. The number of hydrogen-bond acceptors (Lipinski definition) is 3. The molecule has 0 spiro atoms. The fourth-order valence-electron chi connectivity index (χ4n) is 2.98. The second-order valence-corrected chi connectivity index (χ2v) is 6.76. The fourth-order valence-corrected chi connectivity index (χ4v) is 3.24. The van der Waals surface area contributed by atoms with Gasteiger partial charge in [-0.15, -0.1) is 0 Å². The van der Waals surface area contributed by atoms with E-state index in [1.54, 1.807) is 7.11 Å². The van der Waals surface area contributed by atoms with Gasteiger partial charge in [0.05, 0.1) is 19.2 Å². The molecule has 24 heavy (non-hydrogen) atoms. The standard InChI is InChI=1S/C19H21BrN2O2/c1-24-18-5-3-2-4-17(18)21-10-12-22(13-11-21)19(23)14-15-6-8-16(20)9-7-15/h2-9H,10-14H2,1H3. The number of hydrogen-bond donors (Lipinski definition) is 0. The van der Waals surface area contributed by atoms with Crippen LogP contribution in [0.4, 0.5) is 5.69 Å². The van der Waals surface area contributed by atoms with E-state index in [1.165, 1.54) is 0 Å². The predicted molar refractivity (Wildman–Crippen MR) is 99.6 cm³/mol. The number of carbonyl (C=O) groups excluding carboxylic acids is 1. The van der Waals surface area contributed by atoms with Crippen LogP contribution < -0.4 is 9.64 Å². The molecule has 0 bridgehead atoms. The van der Waals surface area contributed by atoms with Crippen molar-refractivity contribution in [2.45, 2.75) is 6.42 Å². The fraction of sp³-hybridized carbons (Fsp3) is 0.316. The molecule has 126 valence electrons. The number of halogens is 1. The van der Waals surface area contributed by atoms with Gasteiger partial charge >= 0.3 is 0 Å². The van der Waals surface area contributed by atoms with E-state index in [0.29, 0.717) is 6.42 Å². The van der Waals surface area contributed by atoms with Gasteiger partial charge in [0.15, 0.2) is 0 Å². The average Bonchev–Trinajstić information content (AvgIpc) is 2.63. The first-order chi connectivity index (χ1) is 11.7. The summed E-state index contributed by atoms with van der Waals surface area (Å²) in [5, 5.41) is 0. The molecule has 4 nitrogen and oxygen atoms in total. The molecule has 1 aliphatic rings. The van der Waals surface area contributed by atoms with Gasteiger partial charge in [0.25, 0.3) is 0 Å². The number of anilines is 1. The monoisotopic (exact) mass is 388 g/mol. The number of nitrogens with zero attached hydrogens (tertiary/aromatic N) is 2. The molecule has 3 rings (SSSR count). The number of ether oxygens (including phenoxy) is 1. The summed E-state index contributed by atoms with van der Waals surface area (Å²) >= 11 is 3.42. The average molecular weight is 389 g/mol. The lowest BCUT2D eigenvalue weighted by Crippen LogP contribution is -2.49. The van der Waals surface area contributed by atoms with E-state index in [1.807, 2.05) is 47.4 Å². The van der Waals surface area contributed by atoms with Crippen molar-refractivity contribution in [1.29, 1.82) is 0 Å². The zero-order valence-corrected chi connectivity index (χ0v) is 15.3. The van der Waals surface area contributed by atoms with Gasteiger partial charge in [-0.1, -0.05) is 40.2 Å². The number of para-hydroxylation sites is 2. The molecule has 1 fully saturated rings.